The topological polar surface area (TPSA) is 96.5 Å². The number of esters is 1. The highest BCUT2D eigenvalue weighted by atomic mass is 16.5. The number of amides is 2. The Morgan fingerprint density at radius 2 is 1.80 bits per heavy atom. The Balaban J connectivity index is 0.00000103. The van der Waals surface area contributed by atoms with Crippen molar-refractivity contribution < 1.29 is 19.1 Å². The van der Waals surface area contributed by atoms with E-state index in [0.717, 1.165) is 24.9 Å². The number of hydrogen-bond acceptors (Lipinski definition) is 5. The SMILES string of the molecule is CCCC.COC(=O)CCCCCNC(=O)c1ccc2c(c1)NC(=O)C(C(C)C)N2. The maximum absolute atomic E-state index is 12.3. The smallest absolute Gasteiger partial charge is 0.305 e. The molecule has 0 spiro atoms. The Kier molecular flexibility index (Phi) is 11.6. The van der Waals surface area contributed by atoms with E-state index in [-0.39, 0.29) is 29.7 Å². The van der Waals surface area contributed by atoms with Crippen LogP contribution >= 0.6 is 0 Å². The number of carbonyl (C=O) groups excluding carboxylic acids is 3. The maximum atomic E-state index is 12.3. The molecule has 2 amide bonds. The van der Waals surface area contributed by atoms with Crippen LogP contribution in [0.2, 0.25) is 0 Å². The van der Waals surface area contributed by atoms with Gasteiger partial charge in [0.2, 0.25) is 5.91 Å². The van der Waals surface area contributed by atoms with Gasteiger partial charge in [0, 0.05) is 18.5 Å². The Morgan fingerprint density at radius 1 is 1.10 bits per heavy atom. The first kappa shape index (κ1) is 25.5. The van der Waals surface area contributed by atoms with Gasteiger partial charge in [-0.15, -0.1) is 0 Å². The predicted molar refractivity (Wildman–Crippen MR) is 121 cm³/mol. The van der Waals surface area contributed by atoms with Gasteiger partial charge in [-0.1, -0.05) is 47.0 Å². The van der Waals surface area contributed by atoms with Crippen molar-refractivity contribution >= 4 is 29.2 Å². The van der Waals surface area contributed by atoms with Crippen molar-refractivity contribution in [2.24, 2.45) is 5.92 Å². The van der Waals surface area contributed by atoms with Crippen LogP contribution in [0, 0.1) is 5.92 Å². The first-order chi connectivity index (χ1) is 14.3. The second-order valence-electron chi connectivity index (χ2n) is 7.76. The molecule has 0 saturated carbocycles. The molecule has 0 bridgehead atoms. The summed E-state index contributed by atoms with van der Waals surface area (Å²) in [5.74, 6) is -0.305. The van der Waals surface area contributed by atoms with E-state index in [2.05, 4.69) is 34.5 Å². The van der Waals surface area contributed by atoms with E-state index in [1.165, 1.54) is 20.0 Å². The molecule has 1 unspecified atom stereocenters. The Morgan fingerprint density at radius 3 is 2.40 bits per heavy atom. The highest BCUT2D eigenvalue weighted by Crippen LogP contribution is 2.29. The van der Waals surface area contributed by atoms with Gasteiger partial charge < -0.3 is 20.7 Å². The summed E-state index contributed by atoms with van der Waals surface area (Å²) in [4.78, 5) is 35.4. The fourth-order valence-electron chi connectivity index (χ4n) is 2.80. The van der Waals surface area contributed by atoms with Gasteiger partial charge >= 0.3 is 5.97 Å². The van der Waals surface area contributed by atoms with Gasteiger partial charge in [-0.3, -0.25) is 14.4 Å². The Hall–Kier alpha value is -2.57. The first-order valence-electron chi connectivity index (χ1n) is 10.9. The lowest BCUT2D eigenvalue weighted by molar-refractivity contribution is -0.140. The molecule has 1 aromatic rings. The van der Waals surface area contributed by atoms with Crippen LogP contribution in [0.1, 0.15) is 76.6 Å². The van der Waals surface area contributed by atoms with Gasteiger partial charge in [-0.05, 0) is 37.0 Å². The fraction of sp³-hybridized carbons (Fsp3) is 0.609. The van der Waals surface area contributed by atoms with Gasteiger partial charge in [0.25, 0.3) is 5.91 Å². The number of fused-ring (bicyclic) bond motifs is 1. The zero-order chi connectivity index (χ0) is 22.5. The summed E-state index contributed by atoms with van der Waals surface area (Å²) in [7, 11) is 1.38. The van der Waals surface area contributed by atoms with Crippen LogP contribution in [0.3, 0.4) is 0 Å². The third-order valence-electron chi connectivity index (χ3n) is 4.87. The molecule has 168 valence electrons. The van der Waals surface area contributed by atoms with E-state index < -0.39 is 0 Å². The molecule has 1 aromatic carbocycles. The molecule has 1 atom stereocenters. The van der Waals surface area contributed by atoms with E-state index in [1.54, 1.807) is 12.1 Å². The molecule has 1 aliphatic heterocycles. The zero-order valence-electron chi connectivity index (χ0n) is 19.0. The summed E-state index contributed by atoms with van der Waals surface area (Å²) in [6, 6.07) is 4.97. The van der Waals surface area contributed by atoms with Gasteiger partial charge in [0.05, 0.1) is 18.5 Å². The van der Waals surface area contributed by atoms with Crippen LogP contribution in [-0.2, 0) is 14.3 Å². The summed E-state index contributed by atoms with van der Waals surface area (Å²) in [5, 5.41) is 8.93. The minimum absolute atomic E-state index is 0.0873. The molecule has 7 heteroatoms. The van der Waals surface area contributed by atoms with E-state index >= 15 is 0 Å². The normalized spacial score (nSPS) is 14.6. The van der Waals surface area contributed by atoms with Crippen LogP contribution in [0.25, 0.3) is 0 Å². The van der Waals surface area contributed by atoms with E-state index in [9.17, 15) is 14.4 Å². The van der Waals surface area contributed by atoms with Crippen LogP contribution in [0.5, 0.6) is 0 Å². The summed E-state index contributed by atoms with van der Waals surface area (Å²) in [5.41, 5.74) is 1.95. The fourth-order valence-corrected chi connectivity index (χ4v) is 2.80. The summed E-state index contributed by atoms with van der Waals surface area (Å²) < 4.78 is 4.58. The lowest BCUT2D eigenvalue weighted by atomic mass is 9.99. The highest BCUT2D eigenvalue weighted by molar-refractivity contribution is 6.05. The van der Waals surface area contributed by atoms with Gasteiger partial charge in [-0.25, -0.2) is 0 Å². The second kappa shape index (κ2) is 13.6. The number of hydrogen-bond donors (Lipinski definition) is 3. The molecule has 7 nitrogen and oxygen atoms in total. The minimum Gasteiger partial charge on any atom is -0.469 e. The highest BCUT2D eigenvalue weighted by Gasteiger charge is 2.28. The van der Waals surface area contributed by atoms with Crippen molar-refractivity contribution in [1.82, 2.24) is 5.32 Å². The van der Waals surface area contributed by atoms with Crippen LogP contribution < -0.4 is 16.0 Å². The predicted octanol–water partition coefficient (Wildman–Crippen LogP) is 4.34. The van der Waals surface area contributed by atoms with Crippen LogP contribution in [0.4, 0.5) is 11.4 Å². The molecule has 0 fully saturated rings. The average Bonchev–Trinajstić information content (AvgIpc) is 2.74. The summed E-state index contributed by atoms with van der Waals surface area (Å²) >= 11 is 0. The number of unbranched alkanes of at least 4 members (excludes halogenated alkanes) is 3. The number of ether oxygens (including phenoxy) is 1. The standard InChI is InChI=1S/C19H27N3O4.C4H10/c1-12(2)17-19(25)22-15-11-13(8-9-14(15)21-17)18(24)20-10-6-4-5-7-16(23)26-3;1-3-4-2/h8-9,11-12,17,21H,4-7,10H2,1-3H3,(H,20,24)(H,22,25);3-4H2,1-2H3. The largest absolute Gasteiger partial charge is 0.469 e. The van der Waals surface area contributed by atoms with Crippen molar-refractivity contribution in [2.45, 2.75) is 72.3 Å². The van der Waals surface area contributed by atoms with Crippen molar-refractivity contribution in [3.63, 3.8) is 0 Å². The molecule has 30 heavy (non-hydrogen) atoms. The number of nitrogens with one attached hydrogen (secondary N) is 3. The van der Waals surface area contributed by atoms with E-state index in [0.29, 0.717) is 24.2 Å². The Labute approximate surface area is 180 Å². The van der Waals surface area contributed by atoms with Crippen molar-refractivity contribution in [2.75, 3.05) is 24.3 Å². The monoisotopic (exact) mass is 419 g/mol. The summed E-state index contributed by atoms with van der Waals surface area (Å²) in [6.45, 7) is 8.86. The lowest BCUT2D eigenvalue weighted by Crippen LogP contribution is -2.42. The number of benzene rings is 1. The molecular formula is C23H37N3O4. The number of rotatable bonds is 9. The quantitative estimate of drug-likeness (QED) is 0.409. The van der Waals surface area contributed by atoms with Gasteiger partial charge in [-0.2, -0.15) is 0 Å². The molecule has 0 saturated heterocycles. The van der Waals surface area contributed by atoms with Crippen molar-refractivity contribution in [3.8, 4) is 0 Å². The van der Waals surface area contributed by atoms with Crippen molar-refractivity contribution in [3.05, 3.63) is 23.8 Å². The van der Waals surface area contributed by atoms with E-state index in [1.807, 2.05) is 19.9 Å². The van der Waals surface area contributed by atoms with Gasteiger partial charge in [0.1, 0.15) is 6.04 Å². The Bertz CT molecular complexity index is 702. The molecule has 0 aromatic heterocycles. The third kappa shape index (κ3) is 8.43. The molecule has 0 radical (unpaired) electrons. The molecule has 0 aliphatic carbocycles. The van der Waals surface area contributed by atoms with Crippen LogP contribution in [0.15, 0.2) is 18.2 Å². The number of methoxy groups -OCH3 is 1. The van der Waals surface area contributed by atoms with Crippen LogP contribution in [-0.4, -0.2) is 37.5 Å². The molecule has 1 heterocycles. The minimum atomic E-state index is -0.271. The summed E-state index contributed by atoms with van der Waals surface area (Å²) in [6.07, 6.45) is 5.42. The molecule has 2 rings (SSSR count). The van der Waals surface area contributed by atoms with Crippen molar-refractivity contribution in [1.29, 1.82) is 0 Å². The first-order valence-corrected chi connectivity index (χ1v) is 10.9. The molecular weight excluding hydrogens is 382 g/mol. The number of carbonyl (C=O) groups is 3. The second-order valence-corrected chi connectivity index (χ2v) is 7.76. The molecule has 3 N–H and O–H groups in total. The zero-order valence-corrected chi connectivity index (χ0v) is 19.0. The van der Waals surface area contributed by atoms with E-state index in [4.69, 9.17) is 0 Å². The average molecular weight is 420 g/mol. The third-order valence-corrected chi connectivity index (χ3v) is 4.87. The lowest BCUT2D eigenvalue weighted by Gasteiger charge is -2.29. The van der Waals surface area contributed by atoms with Gasteiger partial charge in [0.15, 0.2) is 0 Å². The maximum Gasteiger partial charge on any atom is 0.305 e. The number of anilines is 2. The molecule has 1 aliphatic rings.